The number of aromatic amines is 1. The van der Waals surface area contributed by atoms with Crippen LogP contribution in [0.5, 0.6) is 0 Å². The third-order valence-corrected chi connectivity index (χ3v) is 3.37. The summed E-state index contributed by atoms with van der Waals surface area (Å²) in [6.45, 7) is 0. The lowest BCUT2D eigenvalue weighted by molar-refractivity contribution is 0.504. The number of hydrogen-bond acceptors (Lipinski definition) is 1. The predicted molar refractivity (Wildman–Crippen MR) is 58.0 cm³/mol. The summed E-state index contributed by atoms with van der Waals surface area (Å²) in [4.78, 5) is 2.80. The van der Waals surface area contributed by atoms with E-state index in [-0.39, 0.29) is 16.9 Å². The number of halogens is 3. The highest BCUT2D eigenvalue weighted by Gasteiger charge is 2.26. The lowest BCUT2D eigenvalue weighted by atomic mass is 9.92. The van der Waals surface area contributed by atoms with Crippen molar-refractivity contribution in [1.82, 2.24) is 4.98 Å². The molecule has 0 amide bonds. The van der Waals surface area contributed by atoms with Gasteiger partial charge in [-0.2, -0.15) is 0 Å². The maximum absolute atomic E-state index is 13.7. The molecule has 1 aromatic heterocycles. The number of aromatic nitrogens is 1. The molecular formula is C12H11F3N2. The summed E-state index contributed by atoms with van der Waals surface area (Å²) in [6.07, 6.45) is 2.17. The van der Waals surface area contributed by atoms with Crippen LogP contribution < -0.4 is 5.73 Å². The van der Waals surface area contributed by atoms with Crippen molar-refractivity contribution < 1.29 is 13.2 Å². The van der Waals surface area contributed by atoms with Crippen molar-refractivity contribution in [2.45, 2.75) is 25.3 Å². The van der Waals surface area contributed by atoms with Crippen LogP contribution in [0.4, 0.5) is 13.2 Å². The Balaban J connectivity index is 2.42. The number of fused-ring (bicyclic) bond motifs is 3. The minimum Gasteiger partial charge on any atom is -0.354 e. The van der Waals surface area contributed by atoms with Gasteiger partial charge in [0.05, 0.1) is 5.52 Å². The number of H-pyrrole nitrogens is 1. The van der Waals surface area contributed by atoms with E-state index in [0.717, 1.165) is 12.8 Å². The molecular weight excluding hydrogens is 229 g/mol. The van der Waals surface area contributed by atoms with Crippen molar-refractivity contribution in [3.8, 4) is 0 Å². The largest absolute Gasteiger partial charge is 0.354 e. The molecule has 3 rings (SSSR count). The topological polar surface area (TPSA) is 41.8 Å². The third-order valence-electron chi connectivity index (χ3n) is 3.37. The molecule has 2 nitrogen and oxygen atoms in total. The van der Waals surface area contributed by atoms with Gasteiger partial charge in [0.15, 0.2) is 11.6 Å². The quantitative estimate of drug-likeness (QED) is 0.683. The number of nitrogens with one attached hydrogen (secondary N) is 1. The first-order chi connectivity index (χ1) is 8.09. The first-order valence-corrected chi connectivity index (χ1v) is 5.53. The lowest BCUT2D eigenvalue weighted by Crippen LogP contribution is -2.16. The van der Waals surface area contributed by atoms with Crippen molar-refractivity contribution in [1.29, 1.82) is 0 Å². The first-order valence-electron chi connectivity index (χ1n) is 5.53. The van der Waals surface area contributed by atoms with Gasteiger partial charge in [-0.05, 0) is 24.8 Å². The second-order valence-electron chi connectivity index (χ2n) is 4.42. The van der Waals surface area contributed by atoms with Crippen LogP contribution in [0.15, 0.2) is 6.07 Å². The van der Waals surface area contributed by atoms with Gasteiger partial charge in [-0.15, -0.1) is 0 Å². The van der Waals surface area contributed by atoms with Crippen LogP contribution in [-0.4, -0.2) is 4.98 Å². The Morgan fingerprint density at radius 3 is 2.76 bits per heavy atom. The van der Waals surface area contributed by atoms with E-state index in [0.29, 0.717) is 23.7 Å². The van der Waals surface area contributed by atoms with Crippen LogP contribution in [0.25, 0.3) is 10.9 Å². The normalized spacial score (nSPS) is 19.6. The zero-order chi connectivity index (χ0) is 12.2. The van der Waals surface area contributed by atoms with Crippen LogP contribution >= 0.6 is 0 Å². The molecule has 90 valence electrons. The third kappa shape index (κ3) is 1.38. The fourth-order valence-corrected chi connectivity index (χ4v) is 2.56. The SMILES string of the molecule is NC1CCCc2c1[nH]c1c(F)cc(F)c(F)c21. The maximum atomic E-state index is 13.7. The minimum atomic E-state index is -1.16. The van der Waals surface area contributed by atoms with E-state index >= 15 is 0 Å². The zero-order valence-electron chi connectivity index (χ0n) is 8.99. The standard InChI is InChI=1S/C12H11F3N2/c13-6-4-7(14)12-9(10(6)15)5-2-1-3-8(16)11(5)17-12/h4,8,17H,1-3,16H2. The molecule has 5 heteroatoms. The zero-order valence-corrected chi connectivity index (χ0v) is 8.99. The average Bonchev–Trinajstić information content (AvgIpc) is 2.68. The molecule has 1 aliphatic carbocycles. The van der Waals surface area contributed by atoms with Gasteiger partial charge in [0, 0.05) is 23.2 Å². The van der Waals surface area contributed by atoms with E-state index in [9.17, 15) is 13.2 Å². The molecule has 0 fully saturated rings. The summed E-state index contributed by atoms with van der Waals surface area (Å²) in [5.74, 6) is -2.93. The predicted octanol–water partition coefficient (Wildman–Crippen LogP) is 2.92. The van der Waals surface area contributed by atoms with Gasteiger partial charge in [-0.3, -0.25) is 0 Å². The van der Waals surface area contributed by atoms with Crippen molar-refractivity contribution in [3.63, 3.8) is 0 Å². The molecule has 1 unspecified atom stereocenters. The fraction of sp³-hybridized carbons (Fsp3) is 0.333. The number of aryl methyl sites for hydroxylation is 1. The minimum absolute atomic E-state index is 0.0197. The Labute approximate surface area is 95.6 Å². The summed E-state index contributed by atoms with van der Waals surface area (Å²) in [5.41, 5.74) is 7.15. The van der Waals surface area contributed by atoms with Crippen LogP contribution in [0.2, 0.25) is 0 Å². The number of hydrogen-bond donors (Lipinski definition) is 2. The van der Waals surface area contributed by atoms with Gasteiger partial charge in [0.2, 0.25) is 0 Å². The van der Waals surface area contributed by atoms with E-state index in [2.05, 4.69) is 4.98 Å². The number of benzene rings is 1. The van der Waals surface area contributed by atoms with Gasteiger partial charge in [0.1, 0.15) is 5.82 Å². The Morgan fingerprint density at radius 2 is 2.00 bits per heavy atom. The molecule has 0 radical (unpaired) electrons. The van der Waals surface area contributed by atoms with Gasteiger partial charge < -0.3 is 10.7 Å². The molecule has 2 aromatic rings. The number of nitrogens with two attached hydrogens (primary N) is 1. The van der Waals surface area contributed by atoms with Crippen LogP contribution in [0, 0.1) is 17.5 Å². The van der Waals surface area contributed by atoms with Crippen molar-refractivity contribution in [2.75, 3.05) is 0 Å². The molecule has 3 N–H and O–H groups in total. The molecule has 0 saturated carbocycles. The highest BCUT2D eigenvalue weighted by molar-refractivity contribution is 5.86. The van der Waals surface area contributed by atoms with E-state index in [4.69, 9.17) is 5.73 Å². The van der Waals surface area contributed by atoms with Crippen LogP contribution in [0.1, 0.15) is 30.1 Å². The molecule has 0 bridgehead atoms. The number of rotatable bonds is 0. The van der Waals surface area contributed by atoms with Crippen LogP contribution in [-0.2, 0) is 6.42 Å². The summed E-state index contributed by atoms with van der Waals surface area (Å²) in [7, 11) is 0. The molecule has 0 spiro atoms. The fourth-order valence-electron chi connectivity index (χ4n) is 2.56. The molecule has 1 heterocycles. The molecule has 1 aliphatic rings. The Morgan fingerprint density at radius 1 is 1.24 bits per heavy atom. The summed E-state index contributed by atoms with van der Waals surface area (Å²) < 4.78 is 40.5. The van der Waals surface area contributed by atoms with E-state index < -0.39 is 17.5 Å². The van der Waals surface area contributed by atoms with E-state index in [1.807, 2.05) is 0 Å². The van der Waals surface area contributed by atoms with Crippen molar-refractivity contribution >= 4 is 10.9 Å². The van der Waals surface area contributed by atoms with Gasteiger partial charge in [-0.25, -0.2) is 13.2 Å². The van der Waals surface area contributed by atoms with Crippen molar-refractivity contribution in [2.24, 2.45) is 5.73 Å². The van der Waals surface area contributed by atoms with E-state index in [1.54, 1.807) is 0 Å². The highest BCUT2D eigenvalue weighted by atomic mass is 19.2. The second kappa shape index (κ2) is 3.50. The molecule has 0 saturated heterocycles. The summed E-state index contributed by atoms with van der Waals surface area (Å²) in [6, 6.07) is 0.304. The second-order valence-corrected chi connectivity index (χ2v) is 4.42. The Kier molecular flexibility index (Phi) is 2.19. The molecule has 1 aromatic carbocycles. The molecule has 17 heavy (non-hydrogen) atoms. The van der Waals surface area contributed by atoms with Gasteiger partial charge in [-0.1, -0.05) is 0 Å². The van der Waals surface area contributed by atoms with Gasteiger partial charge >= 0.3 is 0 Å². The first kappa shape index (κ1) is 10.7. The van der Waals surface area contributed by atoms with Crippen molar-refractivity contribution in [3.05, 3.63) is 34.8 Å². The smallest absolute Gasteiger partial charge is 0.168 e. The Hall–Kier alpha value is -1.49. The Bertz CT molecular complexity index is 604. The monoisotopic (exact) mass is 240 g/mol. The van der Waals surface area contributed by atoms with Gasteiger partial charge in [0.25, 0.3) is 0 Å². The average molecular weight is 240 g/mol. The molecule has 1 atom stereocenters. The highest BCUT2D eigenvalue weighted by Crippen LogP contribution is 2.36. The summed E-state index contributed by atoms with van der Waals surface area (Å²) >= 11 is 0. The summed E-state index contributed by atoms with van der Waals surface area (Å²) in [5, 5.41) is 0.0210. The lowest BCUT2D eigenvalue weighted by Gasteiger charge is -2.18. The van der Waals surface area contributed by atoms with Crippen LogP contribution in [0.3, 0.4) is 0 Å². The maximum Gasteiger partial charge on any atom is 0.168 e. The molecule has 0 aliphatic heterocycles. The van der Waals surface area contributed by atoms with E-state index in [1.165, 1.54) is 0 Å².